The second kappa shape index (κ2) is 6.19. The molecule has 1 heterocycles. The molecule has 1 aromatic rings. The lowest BCUT2D eigenvalue weighted by Crippen LogP contribution is -2.19. The van der Waals surface area contributed by atoms with Crippen molar-refractivity contribution in [2.75, 3.05) is 13.2 Å². The van der Waals surface area contributed by atoms with Crippen LogP contribution in [0.25, 0.3) is 0 Å². The molecule has 4 heteroatoms. The van der Waals surface area contributed by atoms with Crippen molar-refractivity contribution in [2.24, 2.45) is 0 Å². The standard InChI is InChI=1S/C10H14INO2/c1-2-14-7-3-6-12-8-9(11)4-5-10(12)13/h4-5,8H,2-3,6-7H2,1H3. The third-order valence-electron chi connectivity index (χ3n) is 1.84. The molecule has 0 atom stereocenters. The molecule has 0 N–H and O–H groups in total. The molecule has 14 heavy (non-hydrogen) atoms. The average molecular weight is 307 g/mol. The van der Waals surface area contributed by atoms with Gasteiger partial charge >= 0.3 is 0 Å². The number of hydrogen-bond donors (Lipinski definition) is 0. The van der Waals surface area contributed by atoms with Gasteiger partial charge < -0.3 is 9.30 Å². The molecule has 0 unspecified atom stereocenters. The zero-order valence-corrected chi connectivity index (χ0v) is 10.4. The maximum absolute atomic E-state index is 11.4. The van der Waals surface area contributed by atoms with E-state index in [2.05, 4.69) is 22.6 Å². The first-order valence-electron chi connectivity index (χ1n) is 4.67. The highest BCUT2D eigenvalue weighted by atomic mass is 127. The van der Waals surface area contributed by atoms with Crippen LogP contribution in [0.3, 0.4) is 0 Å². The zero-order chi connectivity index (χ0) is 10.4. The van der Waals surface area contributed by atoms with E-state index in [1.54, 1.807) is 10.6 Å². The summed E-state index contributed by atoms with van der Waals surface area (Å²) in [7, 11) is 0. The van der Waals surface area contributed by atoms with E-state index in [-0.39, 0.29) is 5.56 Å². The van der Waals surface area contributed by atoms with Crippen LogP contribution in [-0.4, -0.2) is 17.8 Å². The molecule has 0 bridgehead atoms. The van der Waals surface area contributed by atoms with Crippen molar-refractivity contribution in [1.29, 1.82) is 0 Å². The van der Waals surface area contributed by atoms with E-state index < -0.39 is 0 Å². The summed E-state index contributed by atoms with van der Waals surface area (Å²) in [4.78, 5) is 11.4. The van der Waals surface area contributed by atoms with Crippen LogP contribution < -0.4 is 5.56 Å². The summed E-state index contributed by atoms with van der Waals surface area (Å²) in [6, 6.07) is 3.42. The summed E-state index contributed by atoms with van der Waals surface area (Å²) in [5.74, 6) is 0. The molecule has 0 aliphatic heterocycles. The molecule has 0 aliphatic carbocycles. The molecular weight excluding hydrogens is 293 g/mol. The van der Waals surface area contributed by atoms with Crippen LogP contribution in [0.4, 0.5) is 0 Å². The number of nitrogens with zero attached hydrogens (tertiary/aromatic N) is 1. The Morgan fingerprint density at radius 1 is 1.50 bits per heavy atom. The summed E-state index contributed by atoms with van der Waals surface area (Å²) in [5.41, 5.74) is 0.0573. The second-order valence-corrected chi connectivity index (χ2v) is 4.18. The van der Waals surface area contributed by atoms with Gasteiger partial charge in [-0.3, -0.25) is 4.79 Å². The van der Waals surface area contributed by atoms with Crippen molar-refractivity contribution in [2.45, 2.75) is 19.9 Å². The molecule has 0 aliphatic rings. The Bertz CT molecular complexity index is 335. The smallest absolute Gasteiger partial charge is 0.250 e. The Kier molecular flexibility index (Phi) is 5.17. The Morgan fingerprint density at radius 3 is 3.00 bits per heavy atom. The van der Waals surface area contributed by atoms with Gasteiger partial charge in [0.05, 0.1) is 0 Å². The Balaban J connectivity index is 2.49. The minimum atomic E-state index is 0.0573. The summed E-state index contributed by atoms with van der Waals surface area (Å²) in [5, 5.41) is 0. The minimum absolute atomic E-state index is 0.0573. The Labute approximate surface area is 97.2 Å². The van der Waals surface area contributed by atoms with Crippen molar-refractivity contribution in [3.05, 3.63) is 32.3 Å². The van der Waals surface area contributed by atoms with Gasteiger partial charge in [-0.1, -0.05) is 0 Å². The van der Waals surface area contributed by atoms with Crippen LogP contribution in [0.2, 0.25) is 0 Å². The summed E-state index contributed by atoms with van der Waals surface area (Å²) < 4.78 is 8.01. The highest BCUT2D eigenvalue weighted by Crippen LogP contribution is 2.00. The van der Waals surface area contributed by atoms with E-state index in [9.17, 15) is 4.79 Å². The van der Waals surface area contributed by atoms with Crippen LogP contribution in [0, 0.1) is 3.57 Å². The van der Waals surface area contributed by atoms with Crippen LogP contribution in [-0.2, 0) is 11.3 Å². The molecule has 0 spiro atoms. The molecule has 0 radical (unpaired) electrons. The monoisotopic (exact) mass is 307 g/mol. The molecule has 1 aromatic heterocycles. The van der Waals surface area contributed by atoms with Crippen molar-refractivity contribution in [3.8, 4) is 0 Å². The van der Waals surface area contributed by atoms with Gasteiger partial charge in [-0.25, -0.2) is 0 Å². The van der Waals surface area contributed by atoms with E-state index in [4.69, 9.17) is 4.74 Å². The quantitative estimate of drug-likeness (QED) is 0.614. The number of pyridine rings is 1. The first-order chi connectivity index (χ1) is 6.74. The summed E-state index contributed by atoms with van der Waals surface area (Å²) in [6.07, 6.45) is 2.75. The number of halogens is 1. The number of ether oxygens (including phenoxy) is 1. The van der Waals surface area contributed by atoms with Gasteiger partial charge in [-0.2, -0.15) is 0 Å². The SMILES string of the molecule is CCOCCCn1cc(I)ccc1=O. The Morgan fingerprint density at radius 2 is 2.29 bits per heavy atom. The van der Waals surface area contributed by atoms with Crippen molar-refractivity contribution in [1.82, 2.24) is 4.57 Å². The van der Waals surface area contributed by atoms with E-state index in [0.717, 1.165) is 23.1 Å². The predicted octanol–water partition coefficient (Wildman–Crippen LogP) is 1.88. The number of rotatable bonds is 5. The fourth-order valence-corrected chi connectivity index (χ4v) is 1.67. The first kappa shape index (κ1) is 11.7. The molecule has 0 amide bonds. The van der Waals surface area contributed by atoms with E-state index in [1.807, 2.05) is 19.2 Å². The molecular formula is C10H14INO2. The van der Waals surface area contributed by atoms with Crippen LogP contribution in [0.15, 0.2) is 23.1 Å². The fraction of sp³-hybridized carbons (Fsp3) is 0.500. The number of aromatic nitrogens is 1. The summed E-state index contributed by atoms with van der Waals surface area (Å²) >= 11 is 2.20. The van der Waals surface area contributed by atoms with Crippen LogP contribution in [0.5, 0.6) is 0 Å². The first-order valence-corrected chi connectivity index (χ1v) is 5.75. The average Bonchev–Trinajstić information content (AvgIpc) is 2.18. The predicted molar refractivity (Wildman–Crippen MR) is 64.5 cm³/mol. The zero-order valence-electron chi connectivity index (χ0n) is 8.20. The maximum Gasteiger partial charge on any atom is 0.250 e. The maximum atomic E-state index is 11.4. The van der Waals surface area contributed by atoms with Crippen LogP contribution in [0.1, 0.15) is 13.3 Å². The number of hydrogen-bond acceptors (Lipinski definition) is 2. The molecule has 0 saturated heterocycles. The van der Waals surface area contributed by atoms with Gasteiger partial charge in [0.15, 0.2) is 0 Å². The Hall–Kier alpha value is -0.360. The topological polar surface area (TPSA) is 31.2 Å². The third kappa shape index (κ3) is 3.79. The molecule has 1 rings (SSSR count). The van der Waals surface area contributed by atoms with Gasteiger partial charge in [0.2, 0.25) is 0 Å². The van der Waals surface area contributed by atoms with Gasteiger partial charge in [0.1, 0.15) is 0 Å². The normalized spacial score (nSPS) is 10.4. The largest absolute Gasteiger partial charge is 0.382 e. The van der Waals surface area contributed by atoms with Gasteiger partial charge in [-0.15, -0.1) is 0 Å². The molecule has 0 aromatic carbocycles. The molecule has 78 valence electrons. The third-order valence-corrected chi connectivity index (χ3v) is 2.48. The van der Waals surface area contributed by atoms with Crippen molar-refractivity contribution < 1.29 is 4.74 Å². The second-order valence-electron chi connectivity index (χ2n) is 2.93. The van der Waals surface area contributed by atoms with Crippen molar-refractivity contribution in [3.63, 3.8) is 0 Å². The molecule has 0 saturated carbocycles. The lowest BCUT2D eigenvalue weighted by molar-refractivity contribution is 0.141. The van der Waals surface area contributed by atoms with Crippen LogP contribution >= 0.6 is 22.6 Å². The van der Waals surface area contributed by atoms with Gasteiger partial charge in [-0.05, 0) is 42.0 Å². The minimum Gasteiger partial charge on any atom is -0.382 e. The summed E-state index contributed by atoms with van der Waals surface area (Å²) in [6.45, 7) is 4.16. The van der Waals surface area contributed by atoms with E-state index >= 15 is 0 Å². The lowest BCUT2D eigenvalue weighted by atomic mass is 10.4. The van der Waals surface area contributed by atoms with Gasteiger partial charge in [0, 0.05) is 35.6 Å². The molecule has 3 nitrogen and oxygen atoms in total. The van der Waals surface area contributed by atoms with E-state index in [0.29, 0.717) is 6.61 Å². The lowest BCUT2D eigenvalue weighted by Gasteiger charge is -2.05. The molecule has 0 fully saturated rings. The van der Waals surface area contributed by atoms with E-state index in [1.165, 1.54) is 0 Å². The fourth-order valence-electron chi connectivity index (χ4n) is 1.16. The highest BCUT2D eigenvalue weighted by molar-refractivity contribution is 14.1. The van der Waals surface area contributed by atoms with Crippen molar-refractivity contribution >= 4 is 22.6 Å². The van der Waals surface area contributed by atoms with Gasteiger partial charge in [0.25, 0.3) is 5.56 Å². The highest BCUT2D eigenvalue weighted by Gasteiger charge is 1.96. The number of aryl methyl sites for hydroxylation is 1.